The lowest BCUT2D eigenvalue weighted by molar-refractivity contribution is -0.139. The molecule has 18 heavy (non-hydrogen) atoms. The highest BCUT2D eigenvalue weighted by Gasteiger charge is 2.13. The van der Waals surface area contributed by atoms with Crippen LogP contribution in [0.5, 0.6) is 0 Å². The molecule has 1 aromatic rings. The number of rotatable bonds is 4. The molecule has 1 fully saturated rings. The fourth-order valence-corrected chi connectivity index (χ4v) is 2.22. The fourth-order valence-electron chi connectivity index (χ4n) is 2.22. The first-order valence-corrected chi connectivity index (χ1v) is 6.36. The molecule has 1 heterocycles. The molecular weight excluding hydrogens is 228 g/mol. The van der Waals surface area contributed by atoms with Gasteiger partial charge in [0.2, 0.25) is 0 Å². The molecule has 1 aliphatic rings. The fraction of sp³-hybridized carbons (Fsp3) is 0.500. The van der Waals surface area contributed by atoms with Gasteiger partial charge >= 0.3 is 5.97 Å². The summed E-state index contributed by atoms with van der Waals surface area (Å²) in [5, 5.41) is 3.34. The molecule has 0 bridgehead atoms. The second-order valence-electron chi connectivity index (χ2n) is 4.55. The molecular formula is C14H20N2O2. The molecule has 0 aliphatic carbocycles. The largest absolute Gasteiger partial charge is 0.469 e. The normalized spacial score (nSPS) is 16.5. The Hall–Kier alpha value is -1.39. The Labute approximate surface area is 108 Å². The van der Waals surface area contributed by atoms with Crippen LogP contribution in [0.25, 0.3) is 0 Å². The molecule has 0 saturated carbocycles. The number of benzene rings is 1. The van der Waals surface area contributed by atoms with Crippen molar-refractivity contribution in [2.45, 2.75) is 13.0 Å². The Kier molecular flexibility index (Phi) is 4.73. The van der Waals surface area contributed by atoms with Crippen molar-refractivity contribution in [3.8, 4) is 0 Å². The van der Waals surface area contributed by atoms with Crippen LogP contribution in [0, 0.1) is 0 Å². The Morgan fingerprint density at radius 2 is 1.94 bits per heavy atom. The third kappa shape index (κ3) is 3.55. The zero-order valence-electron chi connectivity index (χ0n) is 10.8. The summed E-state index contributed by atoms with van der Waals surface area (Å²) in [7, 11) is 1.43. The van der Waals surface area contributed by atoms with Crippen LogP contribution >= 0.6 is 0 Å². The van der Waals surface area contributed by atoms with E-state index >= 15 is 0 Å². The highest BCUT2D eigenvalue weighted by molar-refractivity contribution is 5.72. The van der Waals surface area contributed by atoms with E-state index in [-0.39, 0.29) is 5.97 Å². The summed E-state index contributed by atoms with van der Waals surface area (Å²) < 4.78 is 4.74. The number of hydrogen-bond acceptors (Lipinski definition) is 4. The van der Waals surface area contributed by atoms with Crippen molar-refractivity contribution >= 4 is 5.97 Å². The van der Waals surface area contributed by atoms with Crippen LogP contribution in [0.2, 0.25) is 0 Å². The minimum absolute atomic E-state index is 0.178. The van der Waals surface area contributed by atoms with Crippen molar-refractivity contribution in [2.75, 3.05) is 33.3 Å². The first-order valence-electron chi connectivity index (χ1n) is 6.36. The van der Waals surface area contributed by atoms with E-state index in [1.807, 2.05) is 18.2 Å². The van der Waals surface area contributed by atoms with Gasteiger partial charge in [0.05, 0.1) is 13.5 Å². The van der Waals surface area contributed by atoms with Crippen molar-refractivity contribution < 1.29 is 9.53 Å². The van der Waals surface area contributed by atoms with Gasteiger partial charge in [-0.25, -0.2) is 0 Å². The van der Waals surface area contributed by atoms with Crippen molar-refractivity contribution in [1.29, 1.82) is 0 Å². The molecule has 2 rings (SSSR count). The van der Waals surface area contributed by atoms with Crippen molar-refractivity contribution in [3.63, 3.8) is 0 Å². The van der Waals surface area contributed by atoms with E-state index in [2.05, 4.69) is 16.3 Å². The summed E-state index contributed by atoms with van der Waals surface area (Å²) in [5.41, 5.74) is 2.30. The molecule has 0 amide bonds. The van der Waals surface area contributed by atoms with Gasteiger partial charge in [-0.05, 0) is 11.1 Å². The summed E-state index contributed by atoms with van der Waals surface area (Å²) in [6, 6.07) is 8.10. The van der Waals surface area contributed by atoms with Crippen molar-refractivity contribution in [1.82, 2.24) is 10.2 Å². The minimum atomic E-state index is -0.178. The number of carbonyl (C=O) groups is 1. The van der Waals surface area contributed by atoms with Crippen LogP contribution in [0.1, 0.15) is 11.1 Å². The van der Waals surface area contributed by atoms with Gasteiger partial charge in [0.1, 0.15) is 0 Å². The average molecular weight is 248 g/mol. The van der Waals surface area contributed by atoms with E-state index in [1.165, 1.54) is 12.7 Å². The third-order valence-electron chi connectivity index (χ3n) is 3.28. The van der Waals surface area contributed by atoms with Crippen molar-refractivity contribution in [3.05, 3.63) is 35.4 Å². The van der Waals surface area contributed by atoms with E-state index in [0.29, 0.717) is 6.42 Å². The van der Waals surface area contributed by atoms with E-state index in [9.17, 15) is 4.79 Å². The van der Waals surface area contributed by atoms with Crippen molar-refractivity contribution in [2.24, 2.45) is 0 Å². The number of carbonyl (C=O) groups excluding carboxylic acids is 1. The molecule has 0 aromatic heterocycles. The molecule has 1 aliphatic heterocycles. The maximum Gasteiger partial charge on any atom is 0.309 e. The smallest absolute Gasteiger partial charge is 0.309 e. The number of methoxy groups -OCH3 is 1. The number of nitrogens with one attached hydrogen (secondary N) is 1. The SMILES string of the molecule is COC(=O)Cc1ccccc1CN1CCNCC1. The Morgan fingerprint density at radius 3 is 2.61 bits per heavy atom. The number of esters is 1. The first-order chi connectivity index (χ1) is 8.79. The lowest BCUT2D eigenvalue weighted by Gasteiger charge is -2.27. The van der Waals surface area contributed by atoms with Crippen LogP contribution in [0.3, 0.4) is 0 Å². The van der Waals surface area contributed by atoms with Gasteiger partial charge in [0, 0.05) is 32.7 Å². The molecule has 0 unspecified atom stereocenters. The van der Waals surface area contributed by atoms with E-state index in [0.717, 1.165) is 38.3 Å². The van der Waals surface area contributed by atoms with E-state index in [4.69, 9.17) is 4.74 Å². The first kappa shape index (κ1) is 13.1. The monoisotopic (exact) mass is 248 g/mol. The number of hydrogen-bond donors (Lipinski definition) is 1. The maximum absolute atomic E-state index is 11.4. The molecule has 1 aromatic carbocycles. The summed E-state index contributed by atoms with van der Waals surface area (Å²) >= 11 is 0. The average Bonchev–Trinajstić information content (AvgIpc) is 2.42. The molecule has 98 valence electrons. The predicted octanol–water partition coefficient (Wildman–Crippen LogP) is 0.807. The highest BCUT2D eigenvalue weighted by Crippen LogP contribution is 2.13. The van der Waals surface area contributed by atoms with Crippen LogP contribution in [0.15, 0.2) is 24.3 Å². The van der Waals surface area contributed by atoms with Crippen LogP contribution < -0.4 is 5.32 Å². The summed E-state index contributed by atoms with van der Waals surface area (Å²) in [4.78, 5) is 13.8. The maximum atomic E-state index is 11.4. The standard InChI is InChI=1S/C14H20N2O2/c1-18-14(17)10-12-4-2-3-5-13(12)11-16-8-6-15-7-9-16/h2-5,15H,6-11H2,1H3. The lowest BCUT2D eigenvalue weighted by atomic mass is 10.0. The zero-order valence-corrected chi connectivity index (χ0v) is 10.8. The molecule has 1 N–H and O–H groups in total. The second-order valence-corrected chi connectivity index (χ2v) is 4.55. The van der Waals surface area contributed by atoms with Gasteiger partial charge in [-0.3, -0.25) is 9.69 Å². The number of ether oxygens (including phenoxy) is 1. The van der Waals surface area contributed by atoms with Crippen LogP contribution in [-0.4, -0.2) is 44.2 Å². The van der Waals surface area contributed by atoms with Gasteiger partial charge in [-0.2, -0.15) is 0 Å². The van der Waals surface area contributed by atoms with Gasteiger partial charge in [-0.15, -0.1) is 0 Å². The molecule has 4 heteroatoms. The zero-order chi connectivity index (χ0) is 12.8. The minimum Gasteiger partial charge on any atom is -0.469 e. The Morgan fingerprint density at radius 1 is 1.28 bits per heavy atom. The topological polar surface area (TPSA) is 41.6 Å². The second kappa shape index (κ2) is 6.52. The molecule has 1 saturated heterocycles. The van der Waals surface area contributed by atoms with Gasteiger partial charge in [0.15, 0.2) is 0 Å². The van der Waals surface area contributed by atoms with Gasteiger partial charge < -0.3 is 10.1 Å². The molecule has 4 nitrogen and oxygen atoms in total. The summed E-state index contributed by atoms with van der Waals surface area (Å²) in [5.74, 6) is -0.178. The molecule has 0 spiro atoms. The Bertz CT molecular complexity index is 401. The Balaban J connectivity index is 2.04. The highest BCUT2D eigenvalue weighted by atomic mass is 16.5. The number of nitrogens with zero attached hydrogens (tertiary/aromatic N) is 1. The quantitative estimate of drug-likeness (QED) is 0.801. The third-order valence-corrected chi connectivity index (χ3v) is 3.28. The summed E-state index contributed by atoms with van der Waals surface area (Å²) in [6.45, 7) is 5.12. The molecule has 0 radical (unpaired) electrons. The molecule has 0 atom stereocenters. The van der Waals surface area contributed by atoms with E-state index < -0.39 is 0 Å². The van der Waals surface area contributed by atoms with Gasteiger partial charge in [0.25, 0.3) is 0 Å². The van der Waals surface area contributed by atoms with Crippen LogP contribution in [0.4, 0.5) is 0 Å². The predicted molar refractivity (Wildman–Crippen MR) is 70.3 cm³/mol. The van der Waals surface area contributed by atoms with E-state index in [1.54, 1.807) is 0 Å². The van der Waals surface area contributed by atoms with Gasteiger partial charge in [-0.1, -0.05) is 24.3 Å². The lowest BCUT2D eigenvalue weighted by Crippen LogP contribution is -2.43. The van der Waals surface area contributed by atoms with Crippen LogP contribution in [-0.2, 0) is 22.5 Å². The summed E-state index contributed by atoms with van der Waals surface area (Å²) in [6.07, 6.45) is 0.360. The number of piperazine rings is 1.